The number of carboxylic acids is 3. The van der Waals surface area contributed by atoms with Crippen molar-refractivity contribution in [1.29, 1.82) is 0 Å². The van der Waals surface area contributed by atoms with E-state index in [1.165, 1.54) is 67.6 Å². The van der Waals surface area contributed by atoms with Crippen LogP contribution in [-0.4, -0.2) is 311 Å². The zero-order valence-corrected chi connectivity index (χ0v) is 75.9. The van der Waals surface area contributed by atoms with E-state index in [-0.39, 0.29) is 79.3 Å². The van der Waals surface area contributed by atoms with E-state index in [2.05, 4.69) is 79.8 Å². The van der Waals surface area contributed by atoms with Crippen molar-refractivity contribution in [3.63, 3.8) is 0 Å². The molecule has 1 aliphatic rings. The Bertz CT molecular complexity index is 4490. The molecule has 17 atom stereocenters. The molecule has 133 heavy (non-hydrogen) atoms. The lowest BCUT2D eigenvalue weighted by Gasteiger charge is -2.30. The van der Waals surface area contributed by atoms with Gasteiger partial charge in [-0.2, -0.15) is 0 Å². The van der Waals surface area contributed by atoms with Crippen molar-refractivity contribution in [3.8, 4) is 11.5 Å². The van der Waals surface area contributed by atoms with Crippen molar-refractivity contribution in [2.45, 2.75) is 236 Å². The molecule has 1 aliphatic heterocycles. The minimum Gasteiger partial charge on any atom is -0.508 e. The minimum atomic E-state index is -2.23. The molecule has 0 bridgehead atoms. The molecule has 1 heterocycles. The summed E-state index contributed by atoms with van der Waals surface area (Å²) in [5, 5.41) is 128. The van der Waals surface area contributed by atoms with E-state index in [0.717, 1.165) is 30.5 Å². The number of imide groups is 1. The maximum atomic E-state index is 14.7. The van der Waals surface area contributed by atoms with E-state index in [1.54, 1.807) is 52.8 Å². The van der Waals surface area contributed by atoms with Crippen molar-refractivity contribution in [2.75, 3.05) is 50.9 Å². The summed E-state index contributed by atoms with van der Waals surface area (Å²) in [5.41, 5.74) is 6.48. The highest BCUT2D eigenvalue weighted by Crippen LogP contribution is 2.23. The van der Waals surface area contributed by atoms with Crippen LogP contribution in [0.15, 0.2) is 78.9 Å². The lowest BCUT2D eigenvalue weighted by molar-refractivity contribution is -0.142. The van der Waals surface area contributed by atoms with Gasteiger partial charge in [0.05, 0.1) is 56.3 Å². The van der Waals surface area contributed by atoms with Gasteiger partial charge in [0.15, 0.2) is 0 Å². The van der Waals surface area contributed by atoms with Crippen LogP contribution in [0.25, 0.3) is 0 Å². The number of aromatic hydroxyl groups is 2. The van der Waals surface area contributed by atoms with Crippen molar-refractivity contribution in [3.05, 3.63) is 95.6 Å². The second kappa shape index (κ2) is 57.3. The van der Waals surface area contributed by atoms with Gasteiger partial charge in [-0.1, -0.05) is 102 Å². The summed E-state index contributed by atoms with van der Waals surface area (Å²) in [6.07, 6.45) is -5.92. The van der Waals surface area contributed by atoms with Crippen molar-refractivity contribution >= 4 is 130 Å². The molecule has 0 aromatic heterocycles. The average molecular weight is 1890 g/mol. The molecule has 47 heteroatoms. The van der Waals surface area contributed by atoms with Crippen LogP contribution in [0.1, 0.15) is 143 Å². The SMILES string of the molecule is CC[C@H]1CC(=O)N(CCNC(=O)CSCC(=O)N[C@@H](CCC(=O)O)C(=O)NCC(=O)N[C@H](C(=O)N[C@@H](Cc2ccccc2)C(=O)N[C@H](C(=O)N[C@@H](CO)C(=O)N[C@@H](CC(=O)O)C(=O)N[C@@H](Cc2ccc(O)cc2)C(=O)N[C@@H](CO)C(=O)N[C@H](C(=O)N[C@@H](Cc2ccc(O)cc2)C(=O)N[C@@H](CC(C)C)C(=O)N[C@@H](CC(=O)O)C(=O)N[C@H](C)CCCCN)[C@@H](C)CC)[C@@H](C)O)[C@@H](C)O)C1=O. The van der Waals surface area contributed by atoms with Gasteiger partial charge in [0.1, 0.15) is 84.0 Å². The summed E-state index contributed by atoms with van der Waals surface area (Å²) in [7, 11) is 0. The van der Waals surface area contributed by atoms with Crippen molar-refractivity contribution < 1.29 is 142 Å². The number of aliphatic hydroxyl groups is 4. The summed E-state index contributed by atoms with van der Waals surface area (Å²) in [5.74, 6) is -24.9. The number of benzene rings is 3. The second-order valence-electron chi connectivity index (χ2n) is 32.5. The second-order valence-corrected chi connectivity index (χ2v) is 33.5. The van der Waals surface area contributed by atoms with Gasteiger partial charge in [-0.3, -0.25) is 101 Å². The normalized spacial score (nSPS) is 16.0. The van der Waals surface area contributed by atoms with E-state index in [0.29, 0.717) is 43.4 Å². The van der Waals surface area contributed by atoms with Gasteiger partial charge in [-0.05, 0) is 112 Å². The van der Waals surface area contributed by atoms with Crippen LogP contribution < -0.4 is 85.5 Å². The smallest absolute Gasteiger partial charge is 0.305 e. The summed E-state index contributed by atoms with van der Waals surface area (Å²) in [4.78, 5) is 271. The number of hydrogen-bond donors (Lipinski definition) is 25. The van der Waals surface area contributed by atoms with Crippen LogP contribution in [-0.2, 0) is 115 Å². The van der Waals surface area contributed by atoms with Gasteiger partial charge in [0.2, 0.25) is 100 Å². The van der Waals surface area contributed by atoms with E-state index < -0.39 is 273 Å². The summed E-state index contributed by atoms with van der Waals surface area (Å²) in [6, 6.07) is -4.40. The third-order valence-electron chi connectivity index (χ3n) is 21.0. The highest BCUT2D eigenvalue weighted by molar-refractivity contribution is 8.00. The quantitative estimate of drug-likeness (QED) is 0.0185. The summed E-state index contributed by atoms with van der Waals surface area (Å²) in [6.45, 7) is 8.79. The van der Waals surface area contributed by atoms with Crippen molar-refractivity contribution in [2.24, 2.45) is 23.5 Å². The lowest BCUT2D eigenvalue weighted by atomic mass is 9.96. The Morgan fingerprint density at radius 2 is 0.850 bits per heavy atom. The Hall–Kier alpha value is -13.0. The summed E-state index contributed by atoms with van der Waals surface area (Å²) >= 11 is 0.800. The molecule has 17 amide bonds. The molecule has 0 spiro atoms. The van der Waals surface area contributed by atoms with Gasteiger partial charge in [-0.15, -0.1) is 11.8 Å². The topological polar surface area (TPSA) is 733 Å². The number of nitrogens with one attached hydrogen (secondary N) is 15. The first kappa shape index (κ1) is 112. The van der Waals surface area contributed by atoms with Gasteiger partial charge in [-0.25, -0.2) is 0 Å². The minimum absolute atomic E-state index is 0.0613. The largest absolute Gasteiger partial charge is 0.508 e. The summed E-state index contributed by atoms with van der Waals surface area (Å²) < 4.78 is 0. The van der Waals surface area contributed by atoms with Gasteiger partial charge in [0, 0.05) is 57.2 Å². The monoisotopic (exact) mass is 1890 g/mol. The Labute approximate surface area is 770 Å². The molecular formula is C86H125N17O29S. The average Bonchev–Trinajstić information content (AvgIpc) is 1.81. The predicted molar refractivity (Wildman–Crippen MR) is 474 cm³/mol. The number of aliphatic carboxylic acids is 3. The fraction of sp³-hybridized carbons (Fsp3) is 0.558. The van der Waals surface area contributed by atoms with E-state index >= 15 is 0 Å². The molecule has 46 nitrogen and oxygen atoms in total. The molecule has 3 aromatic rings. The Morgan fingerprint density at radius 1 is 0.436 bits per heavy atom. The molecule has 0 saturated carbocycles. The number of amides is 17. The number of carbonyl (C=O) groups is 20. The van der Waals surface area contributed by atoms with Gasteiger partial charge < -0.3 is 131 Å². The molecule has 0 radical (unpaired) electrons. The first-order valence-corrected chi connectivity index (χ1v) is 44.4. The van der Waals surface area contributed by atoms with Crippen LogP contribution in [0.4, 0.5) is 0 Å². The Morgan fingerprint density at radius 3 is 1.32 bits per heavy atom. The standard InChI is InChI=1S/C86H125N17O29S/c1-9-45(5)71(83(129)96-58(35-51-21-25-54(109)26-22-51)77(123)92-56(32-44(3)4)76(122)94-60(37-69(116)117)75(121)90-46(6)16-14-15-29-87)101-82(128)63(41-105)98-78(124)57(34-50-19-23-53(108)24-20-50)93-79(125)61(38-70(118)119)95-81(127)62(40-104)99-85(131)73(48(8)107)102-80(126)59(33-49-17-12-11-13-18-49)97-84(130)72(47(7)106)100-64(110)39-89-74(120)55(27-28-68(114)115)91-66(112)43-133-42-65(111)88-30-31-103-67(113)36-52(10-2)86(103)132/h11-13,17-26,44-48,52,55-63,71-73,104-109H,9-10,14-16,27-43,87H2,1-8H3,(H,88,111)(H,89,120)(H,90,121)(H,91,112)(H,92,123)(H,93,125)(H,94,122)(H,95,127)(H,96,129)(H,97,130)(H,98,124)(H,99,131)(H,100,110)(H,101,128)(H,102,126)(H,114,115)(H,116,117)(H,118,119)/t45-,46+,47+,48+,52-,55-,56-,57-,58-,59-,60-,61-,62-,63-,71-,72-,73-/m0/s1. The maximum Gasteiger partial charge on any atom is 0.305 e. The van der Waals surface area contributed by atoms with Crippen LogP contribution in [0, 0.1) is 17.8 Å². The van der Waals surface area contributed by atoms with Crippen LogP contribution >= 0.6 is 11.8 Å². The van der Waals surface area contributed by atoms with E-state index in [4.69, 9.17) is 5.73 Å². The number of carboxylic acid groups (broad SMARTS) is 3. The first-order valence-electron chi connectivity index (χ1n) is 43.2. The number of carbonyl (C=O) groups excluding carboxylic acids is 17. The number of unbranched alkanes of at least 4 members (excludes halogenated alkanes) is 1. The number of thioether (sulfide) groups is 1. The van der Waals surface area contributed by atoms with Crippen LogP contribution in [0.5, 0.6) is 11.5 Å². The van der Waals surface area contributed by atoms with Crippen molar-refractivity contribution in [1.82, 2.24) is 84.7 Å². The van der Waals surface area contributed by atoms with Gasteiger partial charge in [0.25, 0.3) is 0 Å². The van der Waals surface area contributed by atoms with E-state index in [9.17, 15) is 142 Å². The van der Waals surface area contributed by atoms with E-state index in [1.807, 2.05) is 0 Å². The molecule has 3 aromatic carbocycles. The van der Waals surface area contributed by atoms with Crippen LogP contribution in [0.3, 0.4) is 0 Å². The number of aliphatic hydroxyl groups excluding tert-OH is 4. The molecule has 1 fully saturated rings. The lowest BCUT2D eigenvalue weighted by Crippen LogP contribution is -2.63. The number of rotatable bonds is 60. The number of nitrogens with two attached hydrogens (primary N) is 1. The molecule has 0 unspecified atom stereocenters. The fourth-order valence-corrected chi connectivity index (χ4v) is 14.1. The predicted octanol–water partition coefficient (Wildman–Crippen LogP) is -6.02. The number of nitrogens with zero attached hydrogens (tertiary/aromatic N) is 1. The maximum absolute atomic E-state index is 14.7. The van der Waals surface area contributed by atoms with Gasteiger partial charge >= 0.3 is 17.9 Å². The number of hydrogen-bond acceptors (Lipinski definition) is 28. The third kappa shape index (κ3) is 39.9. The zero-order chi connectivity index (χ0) is 99.5. The number of likely N-dealkylation sites (tertiary alicyclic amines) is 1. The molecule has 1 saturated heterocycles. The molecule has 734 valence electrons. The Balaban J connectivity index is 1.52. The fourth-order valence-electron chi connectivity index (χ4n) is 13.4. The number of phenolic OH excluding ortho intramolecular Hbond substituents is 2. The molecular weight excluding hydrogens is 1770 g/mol. The molecule has 4 rings (SSSR count). The highest BCUT2D eigenvalue weighted by Gasteiger charge is 2.42. The zero-order valence-electron chi connectivity index (χ0n) is 75.1. The van der Waals surface area contributed by atoms with Crippen LogP contribution in [0.2, 0.25) is 0 Å². The highest BCUT2D eigenvalue weighted by atomic mass is 32.2. The molecule has 0 aliphatic carbocycles. The first-order chi connectivity index (χ1) is 62.8. The third-order valence-corrected chi connectivity index (χ3v) is 22.0. The Kier molecular flexibility index (Phi) is 48.4. The number of phenols is 2. The molecule has 26 N–H and O–H groups in total.